The second-order valence-corrected chi connectivity index (χ2v) is 9.69. The van der Waals surface area contributed by atoms with E-state index in [1.54, 1.807) is 13.8 Å². The Morgan fingerprint density at radius 3 is 2.42 bits per heavy atom. The molecule has 0 aliphatic carbocycles. The molecule has 1 aromatic rings. The van der Waals surface area contributed by atoms with Gasteiger partial charge in [0.05, 0.1) is 14.0 Å². The lowest BCUT2D eigenvalue weighted by Crippen LogP contribution is -2.40. The van der Waals surface area contributed by atoms with Crippen LogP contribution in [0.1, 0.15) is 20.3 Å². The van der Waals surface area contributed by atoms with E-state index in [4.69, 9.17) is 5.11 Å². The number of sulfonamides is 1. The van der Waals surface area contributed by atoms with Crippen molar-refractivity contribution in [2.45, 2.75) is 31.2 Å². The zero-order chi connectivity index (χ0) is 14.8. The SMILES string of the molecule is CC(C)C(CC(=O)O)NS(=O)(=O)c1cc(Br)sc1Br. The van der Waals surface area contributed by atoms with Gasteiger partial charge in [0.25, 0.3) is 0 Å². The maximum Gasteiger partial charge on any atom is 0.304 e. The zero-order valence-corrected chi connectivity index (χ0v) is 15.0. The molecule has 1 aromatic heterocycles. The smallest absolute Gasteiger partial charge is 0.304 e. The molecule has 108 valence electrons. The Morgan fingerprint density at radius 2 is 2.05 bits per heavy atom. The number of hydrogen-bond donors (Lipinski definition) is 2. The summed E-state index contributed by atoms with van der Waals surface area (Å²) in [7, 11) is -3.74. The van der Waals surface area contributed by atoms with Crippen molar-refractivity contribution in [2.24, 2.45) is 5.92 Å². The maximum atomic E-state index is 12.2. The molecule has 9 heteroatoms. The van der Waals surface area contributed by atoms with E-state index in [0.717, 1.165) is 0 Å². The van der Waals surface area contributed by atoms with Gasteiger partial charge in [-0.1, -0.05) is 13.8 Å². The quantitative estimate of drug-likeness (QED) is 0.720. The van der Waals surface area contributed by atoms with Gasteiger partial charge in [-0.05, 0) is 43.8 Å². The normalized spacial score (nSPS) is 13.7. The zero-order valence-electron chi connectivity index (χ0n) is 10.2. The van der Waals surface area contributed by atoms with Gasteiger partial charge in [-0.15, -0.1) is 11.3 Å². The van der Waals surface area contributed by atoms with Crippen LogP contribution >= 0.6 is 43.2 Å². The van der Waals surface area contributed by atoms with Gasteiger partial charge in [-0.25, -0.2) is 13.1 Å². The maximum absolute atomic E-state index is 12.2. The van der Waals surface area contributed by atoms with Gasteiger partial charge in [0.2, 0.25) is 10.0 Å². The minimum absolute atomic E-state index is 0.111. The monoisotopic (exact) mass is 433 g/mol. The third kappa shape index (κ3) is 4.82. The van der Waals surface area contributed by atoms with Crippen molar-refractivity contribution < 1.29 is 18.3 Å². The molecule has 0 amide bonds. The molecule has 0 radical (unpaired) electrons. The van der Waals surface area contributed by atoms with Crippen molar-refractivity contribution in [2.75, 3.05) is 0 Å². The Hall–Kier alpha value is 0.0400. The lowest BCUT2D eigenvalue weighted by Gasteiger charge is -2.20. The molecule has 1 atom stereocenters. The second-order valence-electron chi connectivity index (χ2n) is 4.26. The number of rotatable bonds is 6. The fraction of sp³-hybridized carbons (Fsp3) is 0.500. The van der Waals surface area contributed by atoms with Crippen LogP contribution in [0.15, 0.2) is 18.5 Å². The Bertz CT molecular complexity index is 568. The highest BCUT2D eigenvalue weighted by Gasteiger charge is 2.27. The molecule has 0 saturated carbocycles. The number of halogens is 2. The topological polar surface area (TPSA) is 83.5 Å². The largest absolute Gasteiger partial charge is 0.481 e. The van der Waals surface area contributed by atoms with Crippen LogP contribution in [0.25, 0.3) is 0 Å². The van der Waals surface area contributed by atoms with Crippen LogP contribution in [0.3, 0.4) is 0 Å². The van der Waals surface area contributed by atoms with Crippen molar-refractivity contribution in [3.05, 3.63) is 13.6 Å². The Labute approximate surface area is 132 Å². The highest BCUT2D eigenvalue weighted by atomic mass is 79.9. The van der Waals surface area contributed by atoms with Crippen LogP contribution in [0.4, 0.5) is 0 Å². The van der Waals surface area contributed by atoms with Crippen LogP contribution in [-0.4, -0.2) is 25.5 Å². The molecule has 0 spiro atoms. The van der Waals surface area contributed by atoms with Crippen molar-refractivity contribution in [3.8, 4) is 0 Å². The van der Waals surface area contributed by atoms with Crippen LogP contribution in [0, 0.1) is 5.92 Å². The summed E-state index contributed by atoms with van der Waals surface area (Å²) in [6, 6.07) is 0.836. The highest BCUT2D eigenvalue weighted by Crippen LogP contribution is 2.35. The van der Waals surface area contributed by atoms with E-state index in [2.05, 4.69) is 36.6 Å². The lowest BCUT2D eigenvalue weighted by atomic mass is 10.0. The van der Waals surface area contributed by atoms with Crippen molar-refractivity contribution in [3.63, 3.8) is 0 Å². The van der Waals surface area contributed by atoms with Gasteiger partial charge in [-0.2, -0.15) is 0 Å². The van der Waals surface area contributed by atoms with E-state index in [-0.39, 0.29) is 17.2 Å². The molecule has 19 heavy (non-hydrogen) atoms. The number of carboxylic acid groups (broad SMARTS) is 1. The minimum Gasteiger partial charge on any atom is -0.481 e. The Morgan fingerprint density at radius 1 is 1.47 bits per heavy atom. The van der Waals surface area contributed by atoms with Crippen LogP contribution in [0.2, 0.25) is 0 Å². The minimum atomic E-state index is -3.74. The molecule has 1 unspecified atom stereocenters. The van der Waals surface area contributed by atoms with Crippen LogP contribution in [-0.2, 0) is 14.8 Å². The first-order valence-corrected chi connectivity index (χ1v) is 9.21. The molecule has 1 heterocycles. The third-order valence-corrected chi connectivity index (χ3v) is 6.67. The Balaban J connectivity index is 3.00. The molecular weight excluding hydrogens is 422 g/mol. The van der Waals surface area contributed by atoms with E-state index >= 15 is 0 Å². The summed E-state index contributed by atoms with van der Waals surface area (Å²) < 4.78 is 28.0. The van der Waals surface area contributed by atoms with Crippen molar-refractivity contribution in [1.29, 1.82) is 0 Å². The first kappa shape index (κ1) is 17.1. The summed E-state index contributed by atoms with van der Waals surface area (Å²) in [4.78, 5) is 10.9. The van der Waals surface area contributed by atoms with Gasteiger partial charge in [0, 0.05) is 6.04 Å². The fourth-order valence-corrected chi connectivity index (χ4v) is 6.57. The molecule has 0 aliphatic rings. The Kier molecular flexibility index (Phi) is 5.99. The van der Waals surface area contributed by atoms with Gasteiger partial charge < -0.3 is 5.11 Å². The number of thiophene rings is 1. The van der Waals surface area contributed by atoms with Crippen LogP contribution in [0.5, 0.6) is 0 Å². The molecule has 0 bridgehead atoms. The molecular formula is C10H13Br2NO4S2. The molecule has 1 rings (SSSR count). The summed E-state index contributed by atoms with van der Waals surface area (Å²) in [5.41, 5.74) is 0. The average molecular weight is 435 g/mol. The van der Waals surface area contributed by atoms with E-state index in [9.17, 15) is 13.2 Å². The van der Waals surface area contributed by atoms with Crippen molar-refractivity contribution >= 4 is 59.2 Å². The predicted octanol–water partition coefficient (Wildman–Crippen LogP) is 3.05. The summed E-state index contributed by atoms with van der Waals surface area (Å²) in [6.07, 6.45) is -0.250. The van der Waals surface area contributed by atoms with E-state index < -0.39 is 22.0 Å². The summed E-state index contributed by atoms with van der Waals surface area (Å²) in [5, 5.41) is 8.81. The molecule has 5 nitrogen and oxygen atoms in total. The predicted molar refractivity (Wildman–Crippen MR) is 80.9 cm³/mol. The van der Waals surface area contributed by atoms with Gasteiger partial charge >= 0.3 is 5.97 Å². The van der Waals surface area contributed by atoms with Crippen molar-refractivity contribution in [1.82, 2.24) is 4.72 Å². The van der Waals surface area contributed by atoms with Crippen LogP contribution < -0.4 is 4.72 Å². The molecule has 2 N–H and O–H groups in total. The molecule has 0 fully saturated rings. The summed E-state index contributed by atoms with van der Waals surface area (Å²) in [5.74, 6) is -1.15. The standard InChI is InChI=1S/C10H13Br2NO4S2/c1-5(2)6(3-9(14)15)13-19(16,17)7-4-8(11)18-10(7)12/h4-6,13H,3H2,1-2H3,(H,14,15). The molecule has 0 saturated heterocycles. The van der Waals surface area contributed by atoms with Gasteiger partial charge in [-0.3, -0.25) is 4.79 Å². The first-order chi connectivity index (χ1) is 8.63. The van der Waals surface area contributed by atoms with Gasteiger partial charge in [0.1, 0.15) is 4.90 Å². The fourth-order valence-electron chi connectivity index (χ4n) is 1.37. The molecule has 0 aromatic carbocycles. The number of carboxylic acids is 1. The second kappa shape index (κ2) is 6.66. The summed E-state index contributed by atoms with van der Waals surface area (Å²) >= 11 is 7.64. The average Bonchev–Trinajstić information content (AvgIpc) is 2.56. The van der Waals surface area contributed by atoms with Gasteiger partial charge in [0.15, 0.2) is 0 Å². The lowest BCUT2D eigenvalue weighted by molar-refractivity contribution is -0.137. The van der Waals surface area contributed by atoms with E-state index in [1.807, 2.05) is 0 Å². The van der Waals surface area contributed by atoms with E-state index in [1.165, 1.54) is 17.4 Å². The number of aliphatic carboxylic acids is 1. The number of nitrogens with one attached hydrogen (secondary N) is 1. The summed E-state index contributed by atoms with van der Waals surface area (Å²) in [6.45, 7) is 3.55. The van der Waals surface area contributed by atoms with E-state index in [0.29, 0.717) is 7.57 Å². The number of hydrogen-bond acceptors (Lipinski definition) is 4. The molecule has 0 aliphatic heterocycles. The first-order valence-electron chi connectivity index (χ1n) is 5.32. The highest BCUT2D eigenvalue weighted by molar-refractivity contribution is 9.12. The number of carbonyl (C=O) groups is 1. The third-order valence-electron chi connectivity index (χ3n) is 2.42.